The molecule has 2 aromatic rings. The summed E-state index contributed by atoms with van der Waals surface area (Å²) in [6, 6.07) is 13.7. The summed E-state index contributed by atoms with van der Waals surface area (Å²) in [4.78, 5) is 5.13. The molecule has 1 saturated carbocycles. The lowest BCUT2D eigenvalue weighted by Gasteiger charge is -2.33. The van der Waals surface area contributed by atoms with Gasteiger partial charge in [0.1, 0.15) is 4.99 Å². The van der Waals surface area contributed by atoms with E-state index in [1.165, 1.54) is 24.8 Å². The molecule has 0 spiro atoms. The fourth-order valence-electron chi connectivity index (χ4n) is 3.57. The second-order valence-corrected chi connectivity index (χ2v) is 7.37. The molecule has 132 valence electrons. The van der Waals surface area contributed by atoms with Crippen molar-refractivity contribution in [3.8, 4) is 0 Å². The van der Waals surface area contributed by atoms with Crippen molar-refractivity contribution in [1.29, 1.82) is 0 Å². The first-order chi connectivity index (χ1) is 12.1. The standard InChI is InChI=1S/C21H26N2OS/c1-15-10-12-17(13-11-15)21(25)23-19(18-9-5-6-14-22-18)20(24)16-7-3-2-4-8-16/h5-6,9-14,16,19-20,24H,2-4,7-8H2,1H3,(H,23,25). The number of hydrogen-bond donors (Lipinski definition) is 2. The molecule has 1 fully saturated rings. The van der Waals surface area contributed by atoms with E-state index in [1.807, 2.05) is 30.3 Å². The Balaban J connectivity index is 1.80. The number of aryl methyl sites for hydroxylation is 1. The number of pyridine rings is 1. The first kappa shape index (κ1) is 18.0. The van der Waals surface area contributed by atoms with E-state index in [4.69, 9.17) is 12.2 Å². The van der Waals surface area contributed by atoms with E-state index >= 15 is 0 Å². The number of thiocarbonyl (C=S) groups is 1. The van der Waals surface area contributed by atoms with Crippen molar-refractivity contribution < 1.29 is 5.11 Å². The van der Waals surface area contributed by atoms with Crippen LogP contribution in [-0.4, -0.2) is 21.2 Å². The molecule has 0 saturated heterocycles. The summed E-state index contributed by atoms with van der Waals surface area (Å²) in [6.45, 7) is 2.06. The monoisotopic (exact) mass is 354 g/mol. The predicted molar refractivity (Wildman–Crippen MR) is 106 cm³/mol. The first-order valence-corrected chi connectivity index (χ1v) is 9.52. The predicted octanol–water partition coefficient (Wildman–Crippen LogP) is 4.34. The zero-order valence-corrected chi connectivity index (χ0v) is 15.5. The Labute approximate surface area is 155 Å². The third-order valence-electron chi connectivity index (χ3n) is 5.08. The van der Waals surface area contributed by atoms with Crippen LogP contribution in [0.5, 0.6) is 0 Å². The molecule has 2 unspecified atom stereocenters. The Kier molecular flexibility index (Phi) is 6.16. The average Bonchev–Trinajstić information content (AvgIpc) is 2.67. The van der Waals surface area contributed by atoms with Crippen molar-refractivity contribution >= 4 is 17.2 Å². The molecule has 0 bridgehead atoms. The summed E-state index contributed by atoms with van der Waals surface area (Å²) in [7, 11) is 0. The largest absolute Gasteiger partial charge is 0.390 e. The lowest BCUT2D eigenvalue weighted by molar-refractivity contribution is 0.0547. The lowest BCUT2D eigenvalue weighted by atomic mass is 9.82. The summed E-state index contributed by atoms with van der Waals surface area (Å²) < 4.78 is 0. The molecule has 1 aromatic carbocycles. The number of aromatic nitrogens is 1. The molecule has 2 N–H and O–H groups in total. The van der Waals surface area contributed by atoms with E-state index in [1.54, 1.807) is 6.20 Å². The van der Waals surface area contributed by atoms with Crippen molar-refractivity contribution in [3.63, 3.8) is 0 Å². The minimum Gasteiger partial charge on any atom is -0.390 e. The minimum atomic E-state index is -0.487. The highest BCUT2D eigenvalue weighted by Crippen LogP contribution is 2.32. The number of aliphatic hydroxyl groups is 1. The molecule has 2 atom stereocenters. The van der Waals surface area contributed by atoms with Crippen molar-refractivity contribution in [1.82, 2.24) is 10.3 Å². The van der Waals surface area contributed by atoms with Gasteiger partial charge in [-0.1, -0.05) is 67.4 Å². The van der Waals surface area contributed by atoms with E-state index in [0.717, 1.165) is 24.1 Å². The zero-order valence-electron chi connectivity index (χ0n) is 14.7. The van der Waals surface area contributed by atoms with Crippen LogP contribution >= 0.6 is 12.2 Å². The molecule has 4 heteroatoms. The maximum absolute atomic E-state index is 11.1. The second-order valence-electron chi connectivity index (χ2n) is 6.96. The Morgan fingerprint density at radius 1 is 1.12 bits per heavy atom. The SMILES string of the molecule is Cc1ccc(C(=S)NC(c2ccccn2)C(O)C2CCCCC2)cc1. The summed E-state index contributed by atoms with van der Waals surface area (Å²) in [5, 5.41) is 14.4. The number of rotatable bonds is 5. The fourth-order valence-corrected chi connectivity index (χ4v) is 3.83. The highest BCUT2D eigenvalue weighted by molar-refractivity contribution is 7.80. The summed E-state index contributed by atoms with van der Waals surface area (Å²) in [6.07, 6.45) is 7.09. The van der Waals surface area contributed by atoms with Gasteiger partial charge in [-0.3, -0.25) is 4.98 Å². The molecule has 0 amide bonds. The van der Waals surface area contributed by atoms with Gasteiger partial charge in [-0.2, -0.15) is 0 Å². The fraction of sp³-hybridized carbons (Fsp3) is 0.429. The van der Waals surface area contributed by atoms with Crippen LogP contribution in [0.4, 0.5) is 0 Å². The first-order valence-electron chi connectivity index (χ1n) is 9.11. The number of hydrogen-bond acceptors (Lipinski definition) is 3. The highest BCUT2D eigenvalue weighted by atomic mass is 32.1. The molecular formula is C21H26N2OS. The molecular weight excluding hydrogens is 328 g/mol. The van der Waals surface area contributed by atoms with Crippen LogP contribution in [0.15, 0.2) is 48.7 Å². The average molecular weight is 355 g/mol. The molecule has 1 aromatic heterocycles. The summed E-state index contributed by atoms with van der Waals surface area (Å²) in [5.41, 5.74) is 3.02. The molecule has 3 rings (SSSR count). The van der Waals surface area contributed by atoms with E-state index in [0.29, 0.717) is 10.9 Å². The van der Waals surface area contributed by atoms with Gasteiger partial charge in [-0.25, -0.2) is 0 Å². The van der Waals surface area contributed by atoms with Crippen molar-refractivity contribution in [2.24, 2.45) is 5.92 Å². The molecule has 0 radical (unpaired) electrons. The van der Waals surface area contributed by atoms with Gasteiger partial charge in [0.25, 0.3) is 0 Å². The topological polar surface area (TPSA) is 45.2 Å². The Morgan fingerprint density at radius 2 is 1.84 bits per heavy atom. The van der Waals surface area contributed by atoms with Gasteiger partial charge in [0.2, 0.25) is 0 Å². The van der Waals surface area contributed by atoms with Gasteiger partial charge in [0, 0.05) is 11.8 Å². The van der Waals surface area contributed by atoms with Crippen LogP contribution in [0.1, 0.15) is 55.0 Å². The summed E-state index contributed by atoms with van der Waals surface area (Å²) in [5.74, 6) is 0.300. The van der Waals surface area contributed by atoms with E-state index in [2.05, 4.69) is 29.4 Å². The van der Waals surface area contributed by atoms with Gasteiger partial charge in [0.15, 0.2) is 0 Å². The molecule has 1 aliphatic carbocycles. The molecule has 25 heavy (non-hydrogen) atoms. The van der Waals surface area contributed by atoms with Crippen molar-refractivity contribution in [2.45, 2.75) is 51.2 Å². The molecule has 0 aliphatic heterocycles. The van der Waals surface area contributed by atoms with Crippen LogP contribution in [0, 0.1) is 12.8 Å². The zero-order chi connectivity index (χ0) is 17.6. The maximum Gasteiger partial charge on any atom is 0.107 e. The van der Waals surface area contributed by atoms with Gasteiger partial charge >= 0.3 is 0 Å². The van der Waals surface area contributed by atoms with Crippen LogP contribution < -0.4 is 5.32 Å². The van der Waals surface area contributed by atoms with Crippen molar-refractivity contribution in [2.75, 3.05) is 0 Å². The Hall–Kier alpha value is -1.78. The van der Waals surface area contributed by atoms with Gasteiger partial charge in [-0.15, -0.1) is 0 Å². The van der Waals surface area contributed by atoms with Crippen LogP contribution in [-0.2, 0) is 0 Å². The third kappa shape index (κ3) is 4.65. The van der Waals surface area contributed by atoms with Crippen LogP contribution in [0.2, 0.25) is 0 Å². The minimum absolute atomic E-state index is 0.280. The third-order valence-corrected chi connectivity index (χ3v) is 5.43. The molecule has 3 nitrogen and oxygen atoms in total. The van der Waals surface area contributed by atoms with Gasteiger partial charge in [-0.05, 0) is 37.8 Å². The normalized spacial score (nSPS) is 17.7. The number of nitrogens with zero attached hydrogens (tertiary/aromatic N) is 1. The number of aliphatic hydroxyl groups excluding tert-OH is 1. The molecule has 1 heterocycles. The summed E-state index contributed by atoms with van der Waals surface area (Å²) >= 11 is 5.61. The van der Waals surface area contributed by atoms with E-state index in [-0.39, 0.29) is 6.04 Å². The van der Waals surface area contributed by atoms with E-state index in [9.17, 15) is 5.11 Å². The Morgan fingerprint density at radius 3 is 2.48 bits per heavy atom. The van der Waals surface area contributed by atoms with E-state index < -0.39 is 6.10 Å². The van der Waals surface area contributed by atoms with Crippen LogP contribution in [0.3, 0.4) is 0 Å². The second kappa shape index (κ2) is 8.54. The number of benzene rings is 1. The molecule has 1 aliphatic rings. The highest BCUT2D eigenvalue weighted by Gasteiger charge is 2.31. The number of nitrogens with one attached hydrogen (secondary N) is 1. The van der Waals surface area contributed by atoms with Crippen molar-refractivity contribution in [3.05, 3.63) is 65.5 Å². The van der Waals surface area contributed by atoms with Gasteiger partial charge < -0.3 is 10.4 Å². The quantitative estimate of drug-likeness (QED) is 0.784. The maximum atomic E-state index is 11.1. The Bertz CT molecular complexity index is 681. The van der Waals surface area contributed by atoms with Crippen LogP contribution in [0.25, 0.3) is 0 Å². The van der Waals surface area contributed by atoms with Gasteiger partial charge in [0.05, 0.1) is 17.8 Å². The smallest absolute Gasteiger partial charge is 0.107 e. The lowest BCUT2D eigenvalue weighted by Crippen LogP contribution is -2.40.